The van der Waals surface area contributed by atoms with E-state index < -0.39 is 0 Å². The summed E-state index contributed by atoms with van der Waals surface area (Å²) < 4.78 is 5.10. The highest BCUT2D eigenvalue weighted by Gasteiger charge is 2.39. The first-order valence-electron chi connectivity index (χ1n) is 2.70. The van der Waals surface area contributed by atoms with E-state index >= 15 is 0 Å². The third-order valence-corrected chi connectivity index (χ3v) is 1.62. The second-order valence-corrected chi connectivity index (χ2v) is 2.60. The molecule has 2 heteroatoms. The third kappa shape index (κ3) is 0.597. The highest BCUT2D eigenvalue weighted by atomic mass is 16.5. The van der Waals surface area contributed by atoms with Crippen molar-refractivity contribution in [2.75, 3.05) is 6.61 Å². The lowest BCUT2D eigenvalue weighted by Crippen LogP contribution is -2.47. The fourth-order valence-electron chi connectivity index (χ4n) is 0.693. The van der Waals surface area contributed by atoms with Crippen LogP contribution in [0.15, 0.2) is 0 Å². The highest BCUT2D eigenvalue weighted by molar-refractivity contribution is 5.00. The summed E-state index contributed by atoms with van der Waals surface area (Å²) in [5, 5.41) is 8.39. The molecule has 1 aliphatic heterocycles. The van der Waals surface area contributed by atoms with Gasteiger partial charge in [0.1, 0.15) is 0 Å². The Bertz CT molecular complexity index is 134. The third-order valence-electron chi connectivity index (χ3n) is 1.62. The first kappa shape index (κ1) is 5.58. The standard InChI is InChI=1S/C6H9NO/c1-6(2)5(3-7)4-8-6/h5H,4H2,1-2H3. The van der Waals surface area contributed by atoms with E-state index in [1.165, 1.54) is 0 Å². The average Bonchev–Trinajstić information content (AvgIpc) is 1.66. The molecule has 8 heavy (non-hydrogen) atoms. The van der Waals surface area contributed by atoms with Gasteiger partial charge in [-0.05, 0) is 13.8 Å². The Balaban J connectivity index is 2.53. The Morgan fingerprint density at radius 1 is 1.75 bits per heavy atom. The number of ether oxygens (including phenoxy) is 1. The van der Waals surface area contributed by atoms with E-state index in [2.05, 4.69) is 6.07 Å². The summed E-state index contributed by atoms with van der Waals surface area (Å²) in [7, 11) is 0. The van der Waals surface area contributed by atoms with E-state index in [4.69, 9.17) is 10.00 Å². The summed E-state index contributed by atoms with van der Waals surface area (Å²) in [6.07, 6.45) is 0. The van der Waals surface area contributed by atoms with Crippen LogP contribution >= 0.6 is 0 Å². The van der Waals surface area contributed by atoms with Gasteiger partial charge in [0.2, 0.25) is 0 Å². The van der Waals surface area contributed by atoms with Gasteiger partial charge in [-0.25, -0.2) is 0 Å². The van der Waals surface area contributed by atoms with E-state index in [1.54, 1.807) is 0 Å². The summed E-state index contributed by atoms with van der Waals surface area (Å²) in [5.74, 6) is 0.113. The molecule has 0 aromatic carbocycles. The molecule has 44 valence electrons. The molecule has 0 amide bonds. The molecule has 1 rings (SSSR count). The van der Waals surface area contributed by atoms with Crippen LogP contribution in [-0.2, 0) is 4.74 Å². The minimum atomic E-state index is -0.172. The van der Waals surface area contributed by atoms with Gasteiger partial charge < -0.3 is 4.74 Å². The van der Waals surface area contributed by atoms with Crippen LogP contribution in [0.1, 0.15) is 13.8 Å². The molecule has 0 N–H and O–H groups in total. The quantitative estimate of drug-likeness (QED) is 0.466. The van der Waals surface area contributed by atoms with Gasteiger partial charge in [0.05, 0.1) is 24.2 Å². The van der Waals surface area contributed by atoms with Crippen LogP contribution in [0.5, 0.6) is 0 Å². The molecule has 2 nitrogen and oxygen atoms in total. The molecular weight excluding hydrogens is 102 g/mol. The van der Waals surface area contributed by atoms with Crippen LogP contribution in [-0.4, -0.2) is 12.2 Å². The van der Waals surface area contributed by atoms with Crippen molar-refractivity contribution in [3.63, 3.8) is 0 Å². The largest absolute Gasteiger partial charge is 0.373 e. The molecule has 1 atom stereocenters. The Labute approximate surface area is 49.1 Å². The first-order chi connectivity index (χ1) is 3.67. The van der Waals surface area contributed by atoms with Gasteiger partial charge in [0.25, 0.3) is 0 Å². The first-order valence-corrected chi connectivity index (χ1v) is 2.70. The van der Waals surface area contributed by atoms with Crippen molar-refractivity contribution in [1.82, 2.24) is 0 Å². The minimum Gasteiger partial charge on any atom is -0.373 e. The highest BCUT2D eigenvalue weighted by Crippen LogP contribution is 2.30. The lowest BCUT2D eigenvalue weighted by molar-refractivity contribution is -0.157. The summed E-state index contributed by atoms with van der Waals surface area (Å²) in [5.41, 5.74) is -0.172. The monoisotopic (exact) mass is 111 g/mol. The molecule has 0 bridgehead atoms. The SMILES string of the molecule is CC1(C)OCC1C#N. The second-order valence-electron chi connectivity index (χ2n) is 2.60. The van der Waals surface area contributed by atoms with Crippen molar-refractivity contribution < 1.29 is 4.74 Å². The summed E-state index contributed by atoms with van der Waals surface area (Å²) in [6.45, 7) is 4.48. The molecule has 0 spiro atoms. The Kier molecular flexibility index (Phi) is 1.02. The molecule has 1 saturated heterocycles. The Hall–Kier alpha value is -0.550. The molecule has 1 heterocycles. The Morgan fingerprint density at radius 3 is 2.38 bits per heavy atom. The van der Waals surface area contributed by atoms with Crippen molar-refractivity contribution in [2.45, 2.75) is 19.4 Å². The average molecular weight is 111 g/mol. The van der Waals surface area contributed by atoms with Crippen LogP contribution in [0.3, 0.4) is 0 Å². The predicted octanol–water partition coefficient (Wildman–Crippen LogP) is 0.935. The molecule has 1 fully saturated rings. The maximum atomic E-state index is 8.39. The minimum absolute atomic E-state index is 0.113. The summed E-state index contributed by atoms with van der Waals surface area (Å²) in [6, 6.07) is 2.17. The fraction of sp³-hybridized carbons (Fsp3) is 0.833. The van der Waals surface area contributed by atoms with E-state index in [9.17, 15) is 0 Å². The van der Waals surface area contributed by atoms with Gasteiger partial charge in [-0.2, -0.15) is 5.26 Å². The molecule has 0 aliphatic carbocycles. The van der Waals surface area contributed by atoms with Crippen molar-refractivity contribution in [3.8, 4) is 6.07 Å². The van der Waals surface area contributed by atoms with E-state index in [0.29, 0.717) is 6.61 Å². The smallest absolute Gasteiger partial charge is 0.0981 e. The van der Waals surface area contributed by atoms with Crippen LogP contribution in [0.25, 0.3) is 0 Å². The lowest BCUT2D eigenvalue weighted by atomic mass is 9.88. The number of hydrogen-bond donors (Lipinski definition) is 0. The van der Waals surface area contributed by atoms with Crippen LogP contribution < -0.4 is 0 Å². The molecule has 0 saturated carbocycles. The van der Waals surface area contributed by atoms with Crippen molar-refractivity contribution in [1.29, 1.82) is 5.26 Å². The molecular formula is C6H9NO. The molecule has 0 aromatic heterocycles. The van der Waals surface area contributed by atoms with E-state index in [-0.39, 0.29) is 11.5 Å². The van der Waals surface area contributed by atoms with Gasteiger partial charge in [-0.15, -0.1) is 0 Å². The van der Waals surface area contributed by atoms with Crippen molar-refractivity contribution in [3.05, 3.63) is 0 Å². The zero-order valence-corrected chi connectivity index (χ0v) is 5.14. The topological polar surface area (TPSA) is 33.0 Å². The summed E-state index contributed by atoms with van der Waals surface area (Å²) in [4.78, 5) is 0. The van der Waals surface area contributed by atoms with E-state index in [1.807, 2.05) is 13.8 Å². The van der Waals surface area contributed by atoms with Gasteiger partial charge in [0.15, 0.2) is 0 Å². The lowest BCUT2D eigenvalue weighted by Gasteiger charge is -2.39. The van der Waals surface area contributed by atoms with Gasteiger partial charge >= 0.3 is 0 Å². The zero-order chi connectivity index (χ0) is 6.20. The number of rotatable bonds is 0. The van der Waals surface area contributed by atoms with Gasteiger partial charge in [-0.3, -0.25) is 0 Å². The predicted molar refractivity (Wildman–Crippen MR) is 29.1 cm³/mol. The normalized spacial score (nSPS) is 32.9. The second kappa shape index (κ2) is 1.46. The van der Waals surface area contributed by atoms with Crippen LogP contribution in [0, 0.1) is 17.2 Å². The van der Waals surface area contributed by atoms with Crippen LogP contribution in [0.4, 0.5) is 0 Å². The molecule has 0 aromatic rings. The number of hydrogen-bond acceptors (Lipinski definition) is 2. The van der Waals surface area contributed by atoms with Crippen molar-refractivity contribution in [2.24, 2.45) is 5.92 Å². The maximum absolute atomic E-state index is 8.39. The van der Waals surface area contributed by atoms with Crippen molar-refractivity contribution >= 4 is 0 Å². The molecule has 0 radical (unpaired) electrons. The zero-order valence-electron chi connectivity index (χ0n) is 5.14. The number of nitrogens with zero attached hydrogens (tertiary/aromatic N) is 1. The number of nitriles is 1. The maximum Gasteiger partial charge on any atom is 0.0981 e. The Morgan fingerprint density at radius 2 is 2.38 bits per heavy atom. The molecule has 1 unspecified atom stereocenters. The van der Waals surface area contributed by atoms with Gasteiger partial charge in [-0.1, -0.05) is 0 Å². The molecule has 1 aliphatic rings. The van der Waals surface area contributed by atoms with E-state index in [0.717, 1.165) is 0 Å². The summed E-state index contributed by atoms with van der Waals surface area (Å²) >= 11 is 0. The van der Waals surface area contributed by atoms with Crippen LogP contribution in [0.2, 0.25) is 0 Å². The van der Waals surface area contributed by atoms with Gasteiger partial charge in [0, 0.05) is 0 Å². The fourth-order valence-corrected chi connectivity index (χ4v) is 0.693.